The number of imide groups is 1. The van der Waals surface area contributed by atoms with Crippen LogP contribution in [0.4, 0.5) is 5.69 Å². The van der Waals surface area contributed by atoms with Crippen LogP contribution >= 0.6 is 0 Å². The third kappa shape index (κ3) is 4.75. The lowest BCUT2D eigenvalue weighted by atomic mass is 9.69. The van der Waals surface area contributed by atoms with Gasteiger partial charge in [0.15, 0.2) is 0 Å². The van der Waals surface area contributed by atoms with E-state index < -0.39 is 19.0 Å². The van der Waals surface area contributed by atoms with Crippen LogP contribution in [0, 0.1) is 17.8 Å². The molecule has 2 heterocycles. The number of ether oxygens (including phenoxy) is 1. The number of amides is 2. The highest BCUT2D eigenvalue weighted by molar-refractivity contribution is 6.58. The van der Waals surface area contributed by atoms with Crippen molar-refractivity contribution in [2.75, 3.05) is 18.1 Å². The Morgan fingerprint density at radius 3 is 2.62 bits per heavy atom. The molecule has 2 aliphatic heterocycles. The Kier molecular flexibility index (Phi) is 7.05. The summed E-state index contributed by atoms with van der Waals surface area (Å²) in [6.07, 6.45) is 3.48. The molecule has 8 nitrogen and oxygen atoms in total. The van der Waals surface area contributed by atoms with Crippen molar-refractivity contribution in [1.82, 2.24) is 0 Å². The number of allylic oxidation sites excluding steroid dienone is 1. The third-order valence-corrected chi connectivity index (χ3v) is 7.71. The summed E-state index contributed by atoms with van der Waals surface area (Å²) in [7, 11) is -1.71. The van der Waals surface area contributed by atoms with Crippen LogP contribution in [0.15, 0.2) is 65.3 Å². The second-order valence-corrected chi connectivity index (χ2v) is 10.1. The van der Waals surface area contributed by atoms with Crippen LogP contribution < -0.4 is 10.4 Å². The molecular formula is C28H30BNO7. The maximum Gasteiger partial charge on any atom is 0.488 e. The Labute approximate surface area is 215 Å². The maximum absolute atomic E-state index is 13.6. The van der Waals surface area contributed by atoms with Gasteiger partial charge < -0.3 is 25.0 Å². The first-order valence-electron chi connectivity index (χ1n) is 12.5. The molecule has 9 heteroatoms. The van der Waals surface area contributed by atoms with Crippen molar-refractivity contribution in [2.24, 2.45) is 17.8 Å². The number of hydrogen-bond acceptors (Lipinski definition) is 7. The number of aromatic hydroxyl groups is 1. The summed E-state index contributed by atoms with van der Waals surface area (Å²) < 4.78 is 6.15. The van der Waals surface area contributed by atoms with Crippen LogP contribution in [-0.2, 0) is 14.3 Å². The van der Waals surface area contributed by atoms with Crippen LogP contribution in [0.5, 0.6) is 5.75 Å². The molecule has 0 saturated carbocycles. The number of anilines is 1. The van der Waals surface area contributed by atoms with Crippen LogP contribution in [-0.4, -0.2) is 58.5 Å². The first-order valence-corrected chi connectivity index (χ1v) is 12.5. The largest absolute Gasteiger partial charge is 0.508 e. The first kappa shape index (κ1) is 25.4. The number of phenols is 1. The van der Waals surface area contributed by atoms with E-state index in [9.17, 15) is 29.9 Å². The number of rotatable bonds is 7. The van der Waals surface area contributed by atoms with Gasteiger partial charge in [-0.05, 0) is 72.6 Å². The van der Waals surface area contributed by atoms with Crippen LogP contribution in [0.1, 0.15) is 31.7 Å². The molecule has 2 saturated heterocycles. The molecular weight excluding hydrogens is 473 g/mol. The lowest BCUT2D eigenvalue weighted by molar-refractivity contribution is -0.122. The number of nitrogens with zero attached hydrogens (tertiary/aromatic N) is 1. The fraction of sp³-hybridized carbons (Fsp3) is 0.357. The Morgan fingerprint density at radius 1 is 1.11 bits per heavy atom. The summed E-state index contributed by atoms with van der Waals surface area (Å²) in [6.45, 7) is 2.13. The van der Waals surface area contributed by atoms with Crippen molar-refractivity contribution in [2.45, 2.75) is 32.3 Å². The number of benzene rings is 2. The molecule has 1 aliphatic carbocycles. The second kappa shape index (κ2) is 10.3. The Hall–Kier alpha value is -3.24. The van der Waals surface area contributed by atoms with E-state index in [4.69, 9.17) is 4.74 Å². The van der Waals surface area contributed by atoms with Gasteiger partial charge in [-0.15, -0.1) is 0 Å². The van der Waals surface area contributed by atoms with Gasteiger partial charge in [-0.3, -0.25) is 14.5 Å². The molecule has 37 heavy (non-hydrogen) atoms. The van der Waals surface area contributed by atoms with Gasteiger partial charge in [0.05, 0.1) is 36.8 Å². The molecule has 2 fully saturated rings. The zero-order valence-electron chi connectivity index (χ0n) is 20.6. The number of aliphatic hydroxyl groups excluding tert-OH is 1. The standard InChI is InChI=1S/C28H30BNO7/c1-16(10-17-4-2-7-21(32)11-17)8-9-24-25-18(14-31)12-22-26(23(25)15-37-24)28(34)30(27(22)33)20-6-3-5-19(13-20)29(35)36/h2-7,10-11,13,22-24,26,31-32,35-36H,8-9,12,14-15H2,1H3/b16-10+/t22-,23+,24-,26-/m1/s1. The van der Waals surface area contributed by atoms with Crippen molar-refractivity contribution in [1.29, 1.82) is 0 Å². The molecule has 2 aromatic carbocycles. The SMILES string of the molecule is C/C(=C\c1cccc(O)c1)CC[C@H]1OC[C@H]2C1=C(CO)C[C@H]1C(=O)N(c3cccc(B(O)O)c3)C(=O)[C@H]12. The summed E-state index contributed by atoms with van der Waals surface area (Å²) in [5, 5.41) is 39.0. The molecule has 0 spiro atoms. The van der Waals surface area contributed by atoms with Crippen LogP contribution in [0.3, 0.4) is 0 Å². The Morgan fingerprint density at radius 2 is 1.89 bits per heavy atom. The van der Waals surface area contributed by atoms with Gasteiger partial charge in [0.25, 0.3) is 0 Å². The highest BCUT2D eigenvalue weighted by Crippen LogP contribution is 2.50. The number of aliphatic hydroxyl groups is 1. The number of carbonyl (C=O) groups excluding carboxylic acids is 2. The van der Waals surface area contributed by atoms with Crippen molar-refractivity contribution in [3.63, 3.8) is 0 Å². The fourth-order valence-corrected chi connectivity index (χ4v) is 6.03. The van der Waals surface area contributed by atoms with Crippen molar-refractivity contribution >= 4 is 36.2 Å². The smallest absolute Gasteiger partial charge is 0.488 e. The van der Waals surface area contributed by atoms with E-state index in [0.717, 1.165) is 33.6 Å². The van der Waals surface area contributed by atoms with E-state index in [1.54, 1.807) is 30.3 Å². The molecule has 0 unspecified atom stereocenters. The lowest BCUT2D eigenvalue weighted by Gasteiger charge is -2.31. The Balaban J connectivity index is 1.36. The molecule has 5 rings (SSSR count). The van der Waals surface area contributed by atoms with E-state index in [2.05, 4.69) is 0 Å². The van der Waals surface area contributed by atoms with Gasteiger partial charge in [-0.2, -0.15) is 0 Å². The third-order valence-electron chi connectivity index (χ3n) is 7.71. The van der Waals surface area contributed by atoms with Crippen molar-refractivity contribution in [3.05, 3.63) is 70.8 Å². The monoisotopic (exact) mass is 503 g/mol. The average Bonchev–Trinajstić information content (AvgIpc) is 3.40. The molecule has 0 aromatic heterocycles. The molecule has 3 aliphatic rings. The fourth-order valence-electron chi connectivity index (χ4n) is 6.03. The summed E-state index contributed by atoms with van der Waals surface area (Å²) in [5.74, 6) is -1.88. The molecule has 4 N–H and O–H groups in total. The molecule has 0 bridgehead atoms. The predicted molar refractivity (Wildman–Crippen MR) is 139 cm³/mol. The van der Waals surface area contributed by atoms with E-state index >= 15 is 0 Å². The molecule has 2 amide bonds. The summed E-state index contributed by atoms with van der Waals surface area (Å²) in [6, 6.07) is 13.2. The van der Waals surface area contributed by atoms with Gasteiger partial charge in [0, 0.05) is 5.92 Å². The predicted octanol–water partition coefficient (Wildman–Crippen LogP) is 1.77. The topological polar surface area (TPSA) is 128 Å². The molecule has 192 valence electrons. The van der Waals surface area contributed by atoms with E-state index in [1.165, 1.54) is 12.1 Å². The van der Waals surface area contributed by atoms with Gasteiger partial charge in [0.2, 0.25) is 11.8 Å². The Bertz CT molecular complexity index is 1290. The summed E-state index contributed by atoms with van der Waals surface area (Å²) in [5.41, 5.74) is 4.24. The van der Waals surface area contributed by atoms with Crippen molar-refractivity contribution < 1.29 is 34.6 Å². The zero-order valence-corrected chi connectivity index (χ0v) is 20.6. The first-order chi connectivity index (χ1) is 17.8. The minimum absolute atomic E-state index is 0.194. The maximum atomic E-state index is 13.6. The summed E-state index contributed by atoms with van der Waals surface area (Å²) in [4.78, 5) is 28.1. The minimum atomic E-state index is -1.71. The minimum Gasteiger partial charge on any atom is -0.508 e. The highest BCUT2D eigenvalue weighted by Gasteiger charge is 2.57. The average molecular weight is 503 g/mol. The summed E-state index contributed by atoms with van der Waals surface area (Å²) >= 11 is 0. The molecule has 0 radical (unpaired) electrons. The molecule has 4 atom stereocenters. The number of phenolic OH excluding ortho intramolecular Hbond substituents is 1. The van der Waals surface area contributed by atoms with Crippen LogP contribution in [0.25, 0.3) is 6.08 Å². The number of fused-ring (bicyclic) bond motifs is 3. The number of carbonyl (C=O) groups is 2. The molecule has 2 aromatic rings. The second-order valence-electron chi connectivity index (χ2n) is 10.1. The van der Waals surface area contributed by atoms with E-state index in [1.807, 2.05) is 19.1 Å². The van der Waals surface area contributed by atoms with E-state index in [0.29, 0.717) is 25.1 Å². The number of hydrogen-bond donors (Lipinski definition) is 4. The quantitative estimate of drug-likeness (QED) is 0.258. The highest BCUT2D eigenvalue weighted by atomic mass is 16.5. The van der Waals surface area contributed by atoms with Gasteiger partial charge >= 0.3 is 7.12 Å². The van der Waals surface area contributed by atoms with Crippen LogP contribution in [0.2, 0.25) is 0 Å². The zero-order chi connectivity index (χ0) is 26.3. The normalized spacial score (nSPS) is 25.5. The van der Waals surface area contributed by atoms with E-state index in [-0.39, 0.29) is 41.7 Å². The van der Waals surface area contributed by atoms with Gasteiger partial charge in [-0.1, -0.05) is 35.9 Å². The van der Waals surface area contributed by atoms with Gasteiger partial charge in [0.1, 0.15) is 5.75 Å². The van der Waals surface area contributed by atoms with Crippen molar-refractivity contribution in [3.8, 4) is 5.75 Å². The lowest BCUT2D eigenvalue weighted by Crippen LogP contribution is -2.35. The van der Waals surface area contributed by atoms with Gasteiger partial charge in [-0.25, -0.2) is 0 Å².